The van der Waals surface area contributed by atoms with Crippen molar-refractivity contribution in [3.63, 3.8) is 0 Å². The quantitative estimate of drug-likeness (QED) is 0.633. The van der Waals surface area contributed by atoms with Crippen LogP contribution in [0.25, 0.3) is 11.2 Å². The number of pyridine rings is 1. The van der Waals surface area contributed by atoms with Crippen LogP contribution in [-0.4, -0.2) is 55.5 Å². The maximum atomic E-state index is 13.0. The van der Waals surface area contributed by atoms with Crippen molar-refractivity contribution in [1.82, 2.24) is 30.4 Å². The Morgan fingerprint density at radius 1 is 1.32 bits per heavy atom. The number of carbonyl (C=O) groups excluding carboxylic acids is 1. The zero-order valence-electron chi connectivity index (χ0n) is 12.8. The summed E-state index contributed by atoms with van der Waals surface area (Å²) < 4.78 is 0. The summed E-state index contributed by atoms with van der Waals surface area (Å²) in [5.41, 5.74) is 1.69. The molecule has 1 fully saturated rings. The molecule has 1 atom stereocenters. The third-order valence-corrected chi connectivity index (χ3v) is 4.69. The van der Waals surface area contributed by atoms with Gasteiger partial charge in [-0.3, -0.25) is 10.2 Å². The van der Waals surface area contributed by atoms with Gasteiger partial charge in [-0.2, -0.15) is 10.3 Å². The number of carbonyl (C=O) groups is 1. The molecule has 1 unspecified atom stereocenters. The molecular weight excluding hydrogens is 346 g/mol. The van der Waals surface area contributed by atoms with Gasteiger partial charge in [0.15, 0.2) is 17.2 Å². The predicted octanol–water partition coefficient (Wildman–Crippen LogP) is 1.43. The predicted molar refractivity (Wildman–Crippen MR) is 90.8 cm³/mol. The van der Waals surface area contributed by atoms with Gasteiger partial charge in [0.05, 0.1) is 11.7 Å². The van der Waals surface area contributed by atoms with E-state index in [1.807, 2.05) is 6.07 Å². The second-order valence-corrected chi connectivity index (χ2v) is 6.27. The third kappa shape index (κ3) is 2.18. The molecule has 3 aromatic rings. The SMILES string of the molecule is O=C(Nc1ncnc2n[nH]nc12)N1c2nc(Cl)ccc2N2CCC1C2. The van der Waals surface area contributed by atoms with Crippen molar-refractivity contribution in [3.05, 3.63) is 23.6 Å². The van der Waals surface area contributed by atoms with Gasteiger partial charge in [0.2, 0.25) is 5.65 Å². The van der Waals surface area contributed by atoms with E-state index in [1.54, 1.807) is 11.0 Å². The number of rotatable bonds is 1. The number of H-pyrrole nitrogens is 1. The first kappa shape index (κ1) is 14.3. The van der Waals surface area contributed by atoms with E-state index in [0.29, 0.717) is 28.0 Å². The Hall–Kier alpha value is -3.01. The summed E-state index contributed by atoms with van der Waals surface area (Å²) in [4.78, 5) is 29.3. The van der Waals surface area contributed by atoms with E-state index in [0.717, 1.165) is 25.2 Å². The van der Waals surface area contributed by atoms with Crippen molar-refractivity contribution in [2.45, 2.75) is 12.5 Å². The summed E-state index contributed by atoms with van der Waals surface area (Å²) in [6, 6.07) is 3.34. The van der Waals surface area contributed by atoms with E-state index in [9.17, 15) is 4.79 Å². The van der Waals surface area contributed by atoms with E-state index in [1.165, 1.54) is 6.33 Å². The molecule has 0 saturated carbocycles. The van der Waals surface area contributed by atoms with Crippen molar-refractivity contribution < 1.29 is 4.79 Å². The van der Waals surface area contributed by atoms with Gasteiger partial charge < -0.3 is 4.90 Å². The Bertz CT molecular complexity index is 989. The highest BCUT2D eigenvalue weighted by molar-refractivity contribution is 6.29. The number of halogens is 1. The van der Waals surface area contributed by atoms with Crippen LogP contribution in [0.2, 0.25) is 5.15 Å². The van der Waals surface area contributed by atoms with E-state index < -0.39 is 0 Å². The molecule has 0 radical (unpaired) electrons. The third-order valence-electron chi connectivity index (χ3n) is 4.48. The second-order valence-electron chi connectivity index (χ2n) is 5.88. The van der Waals surface area contributed by atoms with Gasteiger partial charge in [-0.15, -0.1) is 5.10 Å². The van der Waals surface area contributed by atoms with Gasteiger partial charge in [0.25, 0.3) is 0 Å². The van der Waals surface area contributed by atoms with Gasteiger partial charge >= 0.3 is 6.03 Å². The minimum atomic E-state index is -0.328. The number of hydrogen-bond acceptors (Lipinski definition) is 7. The average molecular weight is 358 g/mol. The van der Waals surface area contributed by atoms with Crippen molar-refractivity contribution in [2.24, 2.45) is 0 Å². The zero-order chi connectivity index (χ0) is 17.0. The fourth-order valence-corrected chi connectivity index (χ4v) is 3.52. The van der Waals surface area contributed by atoms with Gasteiger partial charge in [-0.25, -0.2) is 19.7 Å². The topological polar surface area (TPSA) is 116 Å². The maximum Gasteiger partial charge on any atom is 0.329 e. The molecule has 2 bridgehead atoms. The number of anilines is 3. The number of nitrogens with one attached hydrogen (secondary N) is 2. The van der Waals surface area contributed by atoms with Crippen molar-refractivity contribution >= 4 is 46.1 Å². The summed E-state index contributed by atoms with van der Waals surface area (Å²) >= 11 is 6.06. The average Bonchev–Trinajstić information content (AvgIpc) is 3.23. The lowest BCUT2D eigenvalue weighted by Gasteiger charge is -2.35. The lowest BCUT2D eigenvalue weighted by molar-refractivity contribution is 0.254. The fourth-order valence-electron chi connectivity index (χ4n) is 3.38. The summed E-state index contributed by atoms with van der Waals surface area (Å²) in [6.07, 6.45) is 2.20. The summed E-state index contributed by atoms with van der Waals surface area (Å²) in [6.45, 7) is 1.65. The molecule has 11 heteroatoms. The van der Waals surface area contributed by atoms with Crippen molar-refractivity contribution in [3.8, 4) is 0 Å². The molecule has 0 aromatic carbocycles. The Morgan fingerprint density at radius 3 is 3.16 bits per heavy atom. The van der Waals surface area contributed by atoms with Gasteiger partial charge in [-0.1, -0.05) is 11.6 Å². The number of hydrogen-bond donors (Lipinski definition) is 2. The maximum absolute atomic E-state index is 13.0. The minimum Gasteiger partial charge on any atom is -0.366 e. The molecular formula is C14H12ClN9O. The number of aromatic nitrogens is 6. The molecule has 1 saturated heterocycles. The van der Waals surface area contributed by atoms with Crippen LogP contribution in [0.15, 0.2) is 18.5 Å². The largest absolute Gasteiger partial charge is 0.366 e. The molecule has 2 aliphatic rings. The van der Waals surface area contributed by atoms with E-state index in [-0.39, 0.29) is 12.1 Å². The number of urea groups is 1. The van der Waals surface area contributed by atoms with Crippen LogP contribution >= 0.6 is 11.6 Å². The van der Waals surface area contributed by atoms with E-state index in [2.05, 4.69) is 40.6 Å². The molecule has 2 amide bonds. The lowest BCUT2D eigenvalue weighted by atomic mass is 10.2. The van der Waals surface area contributed by atoms with Gasteiger partial charge in [-0.05, 0) is 18.6 Å². The van der Waals surface area contributed by atoms with Crippen LogP contribution in [0, 0.1) is 0 Å². The normalized spacial score (nSPS) is 18.5. The van der Waals surface area contributed by atoms with Gasteiger partial charge in [0.1, 0.15) is 11.5 Å². The van der Waals surface area contributed by atoms with Gasteiger partial charge in [0, 0.05) is 13.1 Å². The molecule has 10 nitrogen and oxygen atoms in total. The molecule has 3 aromatic heterocycles. The fraction of sp³-hybridized carbons (Fsp3) is 0.286. The number of nitrogens with zero attached hydrogens (tertiary/aromatic N) is 7. The summed E-state index contributed by atoms with van der Waals surface area (Å²) in [5, 5.41) is 13.5. The summed E-state index contributed by atoms with van der Waals surface area (Å²) in [5.74, 6) is 0.858. The molecule has 25 heavy (non-hydrogen) atoms. The Balaban J connectivity index is 1.54. The Morgan fingerprint density at radius 2 is 2.24 bits per heavy atom. The first-order valence-corrected chi connectivity index (χ1v) is 8.11. The van der Waals surface area contributed by atoms with Crippen LogP contribution in [0.5, 0.6) is 0 Å². The molecule has 126 valence electrons. The highest BCUT2D eigenvalue weighted by Gasteiger charge is 2.40. The summed E-state index contributed by atoms with van der Waals surface area (Å²) in [7, 11) is 0. The Labute approximate surface area is 146 Å². The number of fused-ring (bicyclic) bond motifs is 5. The zero-order valence-corrected chi connectivity index (χ0v) is 13.6. The Kier molecular flexibility index (Phi) is 3.01. The molecule has 0 aliphatic carbocycles. The monoisotopic (exact) mass is 357 g/mol. The molecule has 0 spiro atoms. The van der Waals surface area contributed by atoms with E-state index >= 15 is 0 Å². The molecule has 2 aliphatic heterocycles. The van der Waals surface area contributed by atoms with Crippen LogP contribution in [-0.2, 0) is 0 Å². The first-order valence-electron chi connectivity index (χ1n) is 7.74. The molecule has 5 rings (SSSR count). The number of aromatic amines is 1. The van der Waals surface area contributed by atoms with Crippen molar-refractivity contribution in [2.75, 3.05) is 28.2 Å². The molecule has 2 N–H and O–H groups in total. The smallest absolute Gasteiger partial charge is 0.329 e. The minimum absolute atomic E-state index is 0.0353. The highest BCUT2D eigenvalue weighted by Crippen LogP contribution is 2.39. The van der Waals surface area contributed by atoms with E-state index in [4.69, 9.17) is 11.6 Å². The second kappa shape index (κ2) is 5.24. The van der Waals surface area contributed by atoms with Crippen LogP contribution in [0.4, 0.5) is 22.1 Å². The lowest BCUT2D eigenvalue weighted by Crippen LogP contribution is -2.48. The number of amides is 2. The van der Waals surface area contributed by atoms with Crippen LogP contribution in [0.3, 0.4) is 0 Å². The standard InChI is InChI=1S/C14H12ClN9O/c15-9-2-1-8-13(18-9)24(7-3-4-23(8)5-7)14(25)19-11-10-12(17-6-16-11)21-22-20-10/h1-2,6-7H,3-5H2,(H2,16,17,19,20,21,22,25). The van der Waals surface area contributed by atoms with Crippen molar-refractivity contribution in [1.29, 1.82) is 0 Å². The van der Waals surface area contributed by atoms with Crippen LogP contribution < -0.4 is 15.1 Å². The molecule has 5 heterocycles. The van der Waals surface area contributed by atoms with Crippen LogP contribution in [0.1, 0.15) is 6.42 Å². The highest BCUT2D eigenvalue weighted by atomic mass is 35.5. The first-order chi connectivity index (χ1) is 12.2.